The van der Waals surface area contributed by atoms with Gasteiger partial charge < -0.3 is 5.73 Å². The molecule has 0 unspecified atom stereocenters. The van der Waals surface area contributed by atoms with E-state index in [2.05, 4.69) is 5.18 Å². The van der Waals surface area contributed by atoms with Crippen LogP contribution in [0.2, 0.25) is 10.0 Å². The zero-order valence-corrected chi connectivity index (χ0v) is 11.7. The summed E-state index contributed by atoms with van der Waals surface area (Å²) < 4.78 is 39.3. The number of hydrogen-bond acceptors (Lipinski definition) is 3. The van der Waals surface area contributed by atoms with Gasteiger partial charge in [-0.15, -0.1) is 4.91 Å². The molecule has 2 N–H and O–H groups in total. The number of benzene rings is 2. The van der Waals surface area contributed by atoms with Gasteiger partial charge in [0.1, 0.15) is 5.69 Å². The van der Waals surface area contributed by atoms with Gasteiger partial charge in [0.15, 0.2) is 0 Å². The molecule has 0 saturated heterocycles. The van der Waals surface area contributed by atoms with E-state index in [0.717, 1.165) is 12.1 Å². The fourth-order valence-corrected chi connectivity index (χ4v) is 2.29. The molecule has 0 amide bonds. The van der Waals surface area contributed by atoms with E-state index < -0.39 is 11.7 Å². The van der Waals surface area contributed by atoms with E-state index in [9.17, 15) is 18.1 Å². The minimum Gasteiger partial charge on any atom is -0.397 e. The molecule has 0 spiro atoms. The monoisotopic (exact) mass is 334 g/mol. The summed E-state index contributed by atoms with van der Waals surface area (Å²) in [7, 11) is 0. The highest BCUT2D eigenvalue weighted by Crippen LogP contribution is 2.43. The van der Waals surface area contributed by atoms with Crippen LogP contribution >= 0.6 is 23.2 Å². The van der Waals surface area contributed by atoms with E-state index in [1.807, 2.05) is 0 Å². The van der Waals surface area contributed by atoms with Crippen LogP contribution in [0.1, 0.15) is 5.56 Å². The van der Waals surface area contributed by atoms with Gasteiger partial charge in [-0.05, 0) is 35.0 Å². The van der Waals surface area contributed by atoms with Gasteiger partial charge in [0.2, 0.25) is 0 Å². The van der Waals surface area contributed by atoms with Crippen LogP contribution in [-0.2, 0) is 6.18 Å². The fourth-order valence-electron chi connectivity index (χ4n) is 1.85. The van der Waals surface area contributed by atoms with Crippen LogP contribution in [0.3, 0.4) is 0 Å². The Morgan fingerprint density at radius 1 is 1.05 bits per heavy atom. The van der Waals surface area contributed by atoms with Crippen molar-refractivity contribution in [2.24, 2.45) is 5.18 Å². The second-order valence-corrected chi connectivity index (χ2v) is 5.01. The van der Waals surface area contributed by atoms with Gasteiger partial charge in [-0.2, -0.15) is 13.2 Å². The molecule has 0 aliphatic heterocycles. The molecule has 0 aliphatic carbocycles. The SMILES string of the molecule is Nc1cc(Cl)c(-c2ccc(Cl)cc2C(F)(F)F)cc1N=O. The molecule has 2 aromatic rings. The number of nitroso groups, excluding NO2 is 1. The van der Waals surface area contributed by atoms with Gasteiger partial charge in [0.25, 0.3) is 0 Å². The van der Waals surface area contributed by atoms with Crippen LogP contribution in [0.4, 0.5) is 24.5 Å². The van der Waals surface area contributed by atoms with E-state index in [1.54, 1.807) is 0 Å². The largest absolute Gasteiger partial charge is 0.417 e. The third-order valence-electron chi connectivity index (χ3n) is 2.79. The molecule has 8 heteroatoms. The molecular weight excluding hydrogens is 328 g/mol. The molecule has 0 aromatic heterocycles. The molecule has 0 bridgehead atoms. The fraction of sp³-hybridized carbons (Fsp3) is 0.0769. The van der Waals surface area contributed by atoms with Crippen molar-refractivity contribution in [2.45, 2.75) is 6.18 Å². The normalized spacial score (nSPS) is 11.5. The number of nitrogens with zero attached hydrogens (tertiary/aromatic N) is 1. The second kappa shape index (κ2) is 5.54. The summed E-state index contributed by atoms with van der Waals surface area (Å²) in [4.78, 5) is 10.6. The van der Waals surface area contributed by atoms with Crippen molar-refractivity contribution in [3.05, 3.63) is 50.8 Å². The van der Waals surface area contributed by atoms with Crippen LogP contribution < -0.4 is 5.73 Å². The van der Waals surface area contributed by atoms with Gasteiger partial charge in [-0.3, -0.25) is 0 Å². The van der Waals surface area contributed by atoms with Crippen molar-refractivity contribution < 1.29 is 13.2 Å². The molecule has 0 radical (unpaired) electrons. The lowest BCUT2D eigenvalue weighted by Crippen LogP contribution is -2.07. The van der Waals surface area contributed by atoms with Crippen LogP contribution in [0.15, 0.2) is 35.5 Å². The third kappa shape index (κ3) is 3.11. The second-order valence-electron chi connectivity index (χ2n) is 4.17. The molecule has 0 atom stereocenters. The maximum absolute atomic E-state index is 13.1. The number of nitrogen functional groups attached to an aromatic ring is 1. The van der Waals surface area contributed by atoms with Crippen LogP contribution in [0.25, 0.3) is 11.1 Å². The van der Waals surface area contributed by atoms with Gasteiger partial charge in [-0.25, -0.2) is 0 Å². The molecule has 0 fully saturated rings. The predicted molar refractivity (Wildman–Crippen MR) is 76.8 cm³/mol. The first-order valence-electron chi connectivity index (χ1n) is 5.53. The van der Waals surface area contributed by atoms with Gasteiger partial charge in [-0.1, -0.05) is 29.3 Å². The molecule has 3 nitrogen and oxygen atoms in total. The zero-order valence-electron chi connectivity index (χ0n) is 10.2. The summed E-state index contributed by atoms with van der Waals surface area (Å²) in [5.74, 6) is 0. The van der Waals surface area contributed by atoms with E-state index >= 15 is 0 Å². The summed E-state index contributed by atoms with van der Waals surface area (Å²) in [6, 6.07) is 5.56. The van der Waals surface area contributed by atoms with Crippen molar-refractivity contribution in [3.63, 3.8) is 0 Å². The molecule has 2 aromatic carbocycles. The Morgan fingerprint density at radius 2 is 1.71 bits per heavy atom. The first-order valence-corrected chi connectivity index (χ1v) is 6.29. The number of halogens is 5. The Kier molecular flexibility index (Phi) is 4.11. The summed E-state index contributed by atoms with van der Waals surface area (Å²) in [6.07, 6.45) is -4.63. The number of anilines is 1. The van der Waals surface area contributed by atoms with E-state index in [1.165, 1.54) is 18.2 Å². The summed E-state index contributed by atoms with van der Waals surface area (Å²) in [6.45, 7) is 0. The minimum atomic E-state index is -4.63. The average molecular weight is 335 g/mol. The predicted octanol–water partition coefficient (Wildman–Crippen LogP) is 5.66. The molecule has 21 heavy (non-hydrogen) atoms. The first-order chi connectivity index (χ1) is 9.74. The van der Waals surface area contributed by atoms with Crippen molar-refractivity contribution in [2.75, 3.05) is 5.73 Å². The Labute approximate surface area is 127 Å². The summed E-state index contributed by atoms with van der Waals surface area (Å²) in [5.41, 5.74) is 4.15. The van der Waals surface area contributed by atoms with Crippen molar-refractivity contribution in [1.29, 1.82) is 0 Å². The first kappa shape index (κ1) is 15.6. The molecule has 0 aliphatic rings. The lowest BCUT2D eigenvalue weighted by molar-refractivity contribution is -0.137. The lowest BCUT2D eigenvalue weighted by Gasteiger charge is -2.15. The van der Waals surface area contributed by atoms with E-state index in [4.69, 9.17) is 28.9 Å². The van der Waals surface area contributed by atoms with Crippen molar-refractivity contribution in [1.82, 2.24) is 0 Å². The Balaban J connectivity index is 2.76. The number of hydrogen-bond donors (Lipinski definition) is 1. The van der Waals surface area contributed by atoms with Gasteiger partial charge in [0.05, 0.1) is 16.3 Å². The van der Waals surface area contributed by atoms with E-state index in [0.29, 0.717) is 0 Å². The highest BCUT2D eigenvalue weighted by molar-refractivity contribution is 6.34. The number of nitrogens with two attached hydrogens (primary N) is 1. The highest BCUT2D eigenvalue weighted by atomic mass is 35.5. The standard InChI is InChI=1S/C13H7Cl2F3N2O/c14-6-1-2-7(9(3-6)13(16,17)18)8-4-12(20-21)11(19)5-10(8)15/h1-5H,19H2. The summed E-state index contributed by atoms with van der Waals surface area (Å²) >= 11 is 11.5. The van der Waals surface area contributed by atoms with E-state index in [-0.39, 0.29) is 32.5 Å². The topological polar surface area (TPSA) is 55.4 Å². The van der Waals surface area contributed by atoms with Gasteiger partial charge >= 0.3 is 6.18 Å². The van der Waals surface area contributed by atoms with Crippen molar-refractivity contribution >= 4 is 34.6 Å². The number of rotatable bonds is 2. The molecule has 110 valence electrons. The molecular formula is C13H7Cl2F3N2O. The highest BCUT2D eigenvalue weighted by Gasteiger charge is 2.34. The average Bonchev–Trinajstić information content (AvgIpc) is 2.38. The van der Waals surface area contributed by atoms with Crippen molar-refractivity contribution in [3.8, 4) is 11.1 Å². The number of alkyl halides is 3. The van der Waals surface area contributed by atoms with Crippen LogP contribution in [0, 0.1) is 4.91 Å². The third-order valence-corrected chi connectivity index (χ3v) is 3.34. The molecule has 0 saturated carbocycles. The molecule has 2 rings (SSSR count). The van der Waals surface area contributed by atoms with Gasteiger partial charge in [0, 0.05) is 10.6 Å². The minimum absolute atomic E-state index is 0.00413. The van der Waals surface area contributed by atoms with Crippen LogP contribution in [0.5, 0.6) is 0 Å². The summed E-state index contributed by atoms with van der Waals surface area (Å²) in [5, 5.41) is 2.58. The molecule has 0 heterocycles. The van der Waals surface area contributed by atoms with Crippen LogP contribution in [-0.4, -0.2) is 0 Å². The zero-order chi connectivity index (χ0) is 15.8. The smallest absolute Gasteiger partial charge is 0.397 e. The quantitative estimate of drug-likeness (QED) is 0.569. The Bertz CT molecular complexity index is 717. The Morgan fingerprint density at radius 3 is 2.29 bits per heavy atom. The lowest BCUT2D eigenvalue weighted by atomic mass is 9.98. The maximum atomic E-state index is 13.1. The Hall–Kier alpha value is -1.79. The maximum Gasteiger partial charge on any atom is 0.417 e.